The van der Waals surface area contributed by atoms with E-state index in [-0.39, 0.29) is 11.8 Å². The van der Waals surface area contributed by atoms with Crippen LogP contribution in [0.4, 0.5) is 0 Å². The number of aliphatic hydroxyl groups is 3. The van der Waals surface area contributed by atoms with E-state index in [0.29, 0.717) is 6.42 Å². The van der Waals surface area contributed by atoms with Gasteiger partial charge in [0.05, 0.1) is 25.7 Å². The smallest absolute Gasteiger partial charge is 0.228 e. The van der Waals surface area contributed by atoms with Gasteiger partial charge in [-0.05, 0) is 24.0 Å². The molecule has 5 heteroatoms. The number of amides is 1. The van der Waals surface area contributed by atoms with Gasteiger partial charge in [-0.15, -0.1) is 0 Å². The van der Waals surface area contributed by atoms with Gasteiger partial charge in [-0.25, -0.2) is 0 Å². The maximum Gasteiger partial charge on any atom is 0.228 e. The van der Waals surface area contributed by atoms with Crippen LogP contribution < -0.4 is 5.32 Å². The van der Waals surface area contributed by atoms with Crippen LogP contribution in [0, 0.1) is 0 Å². The number of rotatable bonds is 5. The highest BCUT2D eigenvalue weighted by Crippen LogP contribution is 2.33. The second-order valence-electron chi connectivity index (χ2n) is 5.03. The number of hydrogen-bond donors (Lipinski definition) is 4. The van der Waals surface area contributed by atoms with E-state index in [1.54, 1.807) is 0 Å². The van der Waals surface area contributed by atoms with E-state index in [0.717, 1.165) is 17.5 Å². The van der Waals surface area contributed by atoms with Crippen molar-refractivity contribution in [3.63, 3.8) is 0 Å². The Morgan fingerprint density at radius 1 is 1.21 bits per heavy atom. The number of nitrogens with one attached hydrogen (secondary N) is 1. The number of hydrogen-bond acceptors (Lipinski definition) is 4. The van der Waals surface area contributed by atoms with Gasteiger partial charge in [0.15, 0.2) is 0 Å². The fourth-order valence-corrected chi connectivity index (χ4v) is 2.45. The number of fused-ring (bicyclic) bond motifs is 1. The van der Waals surface area contributed by atoms with Crippen LogP contribution in [0.2, 0.25) is 0 Å². The Kier molecular flexibility index (Phi) is 4.19. The van der Waals surface area contributed by atoms with Crippen molar-refractivity contribution in [2.45, 2.75) is 24.3 Å². The van der Waals surface area contributed by atoms with Crippen molar-refractivity contribution in [3.05, 3.63) is 35.4 Å². The molecule has 104 valence electrons. The minimum atomic E-state index is -1.35. The summed E-state index contributed by atoms with van der Waals surface area (Å²) in [5.41, 5.74) is 0.794. The normalized spacial score (nSPS) is 18.2. The first-order valence-corrected chi connectivity index (χ1v) is 6.38. The van der Waals surface area contributed by atoms with E-state index >= 15 is 0 Å². The lowest BCUT2D eigenvalue weighted by Crippen LogP contribution is -2.57. The van der Waals surface area contributed by atoms with E-state index in [4.69, 9.17) is 0 Å². The molecule has 1 amide bonds. The zero-order valence-electron chi connectivity index (χ0n) is 10.7. The molecule has 0 spiro atoms. The summed E-state index contributed by atoms with van der Waals surface area (Å²) in [4.78, 5) is 12.3. The molecular formula is C14H19NO4. The molecule has 0 heterocycles. The molecule has 0 unspecified atom stereocenters. The quantitative estimate of drug-likeness (QED) is 0.580. The Bertz CT molecular complexity index is 448. The van der Waals surface area contributed by atoms with Crippen LogP contribution in [0.3, 0.4) is 0 Å². The summed E-state index contributed by atoms with van der Waals surface area (Å²) in [6, 6.07) is 7.76. The molecule has 0 aromatic heterocycles. The lowest BCUT2D eigenvalue weighted by atomic mass is 9.97. The van der Waals surface area contributed by atoms with Crippen LogP contribution >= 0.6 is 0 Å². The number of aryl methyl sites for hydroxylation is 1. The van der Waals surface area contributed by atoms with E-state index in [1.807, 2.05) is 24.3 Å². The molecule has 5 nitrogen and oxygen atoms in total. The molecule has 1 aromatic rings. The molecule has 1 aromatic carbocycles. The van der Waals surface area contributed by atoms with E-state index < -0.39 is 25.4 Å². The molecule has 4 N–H and O–H groups in total. The van der Waals surface area contributed by atoms with Gasteiger partial charge >= 0.3 is 0 Å². The highest BCUT2D eigenvalue weighted by Gasteiger charge is 2.35. The van der Waals surface area contributed by atoms with Crippen molar-refractivity contribution >= 4 is 5.91 Å². The summed E-state index contributed by atoms with van der Waals surface area (Å²) in [7, 11) is 0. The Balaban J connectivity index is 2.14. The Hall–Kier alpha value is -1.43. The highest BCUT2D eigenvalue weighted by molar-refractivity contribution is 5.85. The molecular weight excluding hydrogens is 246 g/mol. The number of carbonyl (C=O) groups excluding carboxylic acids is 1. The third-order valence-electron chi connectivity index (χ3n) is 3.75. The predicted octanol–water partition coefficient (Wildman–Crippen LogP) is -0.452. The monoisotopic (exact) mass is 265 g/mol. The average molecular weight is 265 g/mol. The van der Waals surface area contributed by atoms with Gasteiger partial charge in [-0.2, -0.15) is 0 Å². The van der Waals surface area contributed by atoms with Crippen LogP contribution in [0.15, 0.2) is 24.3 Å². The van der Waals surface area contributed by atoms with Gasteiger partial charge in [-0.1, -0.05) is 24.3 Å². The Labute approximate surface area is 111 Å². The molecule has 1 atom stereocenters. The minimum absolute atomic E-state index is 0.262. The van der Waals surface area contributed by atoms with Crippen molar-refractivity contribution < 1.29 is 20.1 Å². The fraction of sp³-hybridized carbons (Fsp3) is 0.500. The molecule has 0 saturated heterocycles. The molecule has 0 fully saturated rings. The lowest BCUT2D eigenvalue weighted by molar-refractivity contribution is -0.126. The molecule has 0 bridgehead atoms. The largest absolute Gasteiger partial charge is 0.394 e. The summed E-state index contributed by atoms with van der Waals surface area (Å²) in [5, 5.41) is 30.3. The van der Waals surface area contributed by atoms with E-state index in [9.17, 15) is 20.1 Å². The van der Waals surface area contributed by atoms with Gasteiger partial charge in [-0.3, -0.25) is 4.79 Å². The van der Waals surface area contributed by atoms with Crippen molar-refractivity contribution in [2.75, 3.05) is 19.8 Å². The van der Waals surface area contributed by atoms with E-state index in [1.165, 1.54) is 0 Å². The third-order valence-corrected chi connectivity index (χ3v) is 3.75. The van der Waals surface area contributed by atoms with Crippen LogP contribution in [-0.2, 0) is 11.2 Å². The Morgan fingerprint density at radius 2 is 1.84 bits per heavy atom. The van der Waals surface area contributed by atoms with Crippen LogP contribution in [0.1, 0.15) is 23.5 Å². The predicted molar refractivity (Wildman–Crippen MR) is 69.6 cm³/mol. The van der Waals surface area contributed by atoms with E-state index in [2.05, 4.69) is 5.32 Å². The van der Waals surface area contributed by atoms with Gasteiger partial charge in [0.25, 0.3) is 0 Å². The molecule has 2 rings (SSSR count). The summed E-state index contributed by atoms with van der Waals surface area (Å²) < 4.78 is 0. The zero-order chi connectivity index (χ0) is 13.9. The van der Waals surface area contributed by atoms with Gasteiger partial charge in [0.1, 0.15) is 5.54 Å². The minimum Gasteiger partial charge on any atom is -0.394 e. The highest BCUT2D eigenvalue weighted by atomic mass is 16.3. The number of benzene rings is 1. The molecule has 0 radical (unpaired) electrons. The van der Waals surface area contributed by atoms with Gasteiger partial charge in [0.2, 0.25) is 5.91 Å². The first kappa shape index (κ1) is 14.0. The number of aliphatic hydroxyl groups excluding tert-OH is 3. The Morgan fingerprint density at radius 3 is 2.47 bits per heavy atom. The summed E-state index contributed by atoms with van der Waals surface area (Å²) >= 11 is 0. The zero-order valence-corrected chi connectivity index (χ0v) is 10.7. The van der Waals surface area contributed by atoms with Crippen LogP contribution in [0.5, 0.6) is 0 Å². The SMILES string of the molecule is O=C(NC(CO)(CO)CO)[C@H]1CCc2ccccc21. The van der Waals surface area contributed by atoms with Gasteiger partial charge < -0.3 is 20.6 Å². The summed E-state index contributed by atoms with van der Waals surface area (Å²) in [6.07, 6.45) is 1.56. The molecule has 1 aliphatic rings. The van der Waals surface area contributed by atoms with Crippen molar-refractivity contribution in [1.82, 2.24) is 5.32 Å². The first-order valence-electron chi connectivity index (χ1n) is 6.38. The summed E-state index contributed by atoms with van der Waals surface area (Å²) in [6.45, 7) is -1.50. The van der Waals surface area contributed by atoms with Crippen LogP contribution in [0.25, 0.3) is 0 Å². The fourth-order valence-electron chi connectivity index (χ4n) is 2.45. The van der Waals surface area contributed by atoms with Crippen molar-refractivity contribution in [2.24, 2.45) is 0 Å². The average Bonchev–Trinajstić information content (AvgIpc) is 2.89. The third kappa shape index (κ3) is 2.63. The standard InChI is InChI=1S/C14H19NO4/c16-7-14(8-17,9-18)15-13(19)12-6-5-10-3-1-2-4-11(10)12/h1-4,12,16-18H,5-9H2,(H,15,19)/t12-/m0/s1. The molecule has 0 saturated carbocycles. The maximum absolute atomic E-state index is 12.3. The van der Waals surface area contributed by atoms with Crippen LogP contribution in [-0.4, -0.2) is 46.6 Å². The summed E-state index contributed by atoms with van der Waals surface area (Å²) in [5.74, 6) is -0.540. The second kappa shape index (κ2) is 5.69. The lowest BCUT2D eigenvalue weighted by Gasteiger charge is -2.30. The second-order valence-corrected chi connectivity index (χ2v) is 5.03. The maximum atomic E-state index is 12.3. The van der Waals surface area contributed by atoms with Gasteiger partial charge in [0, 0.05) is 0 Å². The number of carbonyl (C=O) groups is 1. The topological polar surface area (TPSA) is 89.8 Å². The first-order chi connectivity index (χ1) is 9.15. The molecule has 19 heavy (non-hydrogen) atoms. The molecule has 1 aliphatic carbocycles. The van der Waals surface area contributed by atoms with Crippen molar-refractivity contribution in [3.8, 4) is 0 Å². The van der Waals surface area contributed by atoms with Crippen molar-refractivity contribution in [1.29, 1.82) is 0 Å². The molecule has 0 aliphatic heterocycles.